The molecule has 1 saturated carbocycles. The molecule has 18 heavy (non-hydrogen) atoms. The Hall–Kier alpha value is -0.870. The van der Waals surface area contributed by atoms with Crippen molar-refractivity contribution in [3.8, 4) is 0 Å². The van der Waals surface area contributed by atoms with Crippen LogP contribution in [0.3, 0.4) is 0 Å². The third-order valence-electron chi connectivity index (χ3n) is 4.28. The lowest BCUT2D eigenvalue weighted by molar-refractivity contribution is 0.114. The number of hydrogen-bond donors (Lipinski definition) is 1. The molecule has 102 valence electrons. The molecule has 4 heteroatoms. The molecule has 4 nitrogen and oxygen atoms in total. The van der Waals surface area contributed by atoms with Gasteiger partial charge in [-0.3, -0.25) is 9.58 Å². The van der Waals surface area contributed by atoms with Crippen LogP contribution < -0.4 is 5.73 Å². The molecule has 1 aliphatic rings. The summed E-state index contributed by atoms with van der Waals surface area (Å²) in [5.41, 5.74) is 7.31. The second kappa shape index (κ2) is 5.85. The van der Waals surface area contributed by atoms with E-state index in [1.165, 1.54) is 31.2 Å². The first-order chi connectivity index (χ1) is 8.61. The van der Waals surface area contributed by atoms with Gasteiger partial charge in [-0.25, -0.2) is 0 Å². The zero-order valence-corrected chi connectivity index (χ0v) is 11.8. The number of aryl methyl sites for hydroxylation is 1. The average molecular weight is 250 g/mol. The molecule has 0 saturated heterocycles. The second-order valence-corrected chi connectivity index (χ2v) is 5.52. The molecule has 2 N–H and O–H groups in total. The molecule has 1 fully saturated rings. The van der Waals surface area contributed by atoms with E-state index in [1.807, 2.05) is 17.9 Å². The maximum atomic E-state index is 6.00. The molecule has 1 aromatic rings. The van der Waals surface area contributed by atoms with Crippen LogP contribution >= 0.6 is 0 Å². The van der Waals surface area contributed by atoms with Crippen molar-refractivity contribution in [1.29, 1.82) is 0 Å². The Morgan fingerprint density at radius 2 is 2.11 bits per heavy atom. The highest BCUT2D eigenvalue weighted by atomic mass is 15.3. The van der Waals surface area contributed by atoms with Crippen LogP contribution in [0.2, 0.25) is 0 Å². The summed E-state index contributed by atoms with van der Waals surface area (Å²) < 4.78 is 1.89. The van der Waals surface area contributed by atoms with Gasteiger partial charge in [0.15, 0.2) is 0 Å². The van der Waals surface area contributed by atoms with Crippen molar-refractivity contribution in [3.63, 3.8) is 0 Å². The summed E-state index contributed by atoms with van der Waals surface area (Å²) in [6.45, 7) is 5.63. The van der Waals surface area contributed by atoms with Crippen LogP contribution in [-0.4, -0.2) is 33.3 Å². The summed E-state index contributed by atoms with van der Waals surface area (Å²) in [7, 11) is 1.98. The summed E-state index contributed by atoms with van der Waals surface area (Å²) in [5, 5.41) is 4.28. The van der Waals surface area contributed by atoms with Crippen molar-refractivity contribution in [1.82, 2.24) is 14.7 Å². The molecular formula is C14H26N4. The van der Waals surface area contributed by atoms with Crippen molar-refractivity contribution in [2.45, 2.75) is 57.7 Å². The van der Waals surface area contributed by atoms with E-state index >= 15 is 0 Å². The SMILES string of the molecule is CCN(C1CCC(N)CC1)C(C)c1cnn(C)c1. The van der Waals surface area contributed by atoms with Gasteiger partial charge in [0.25, 0.3) is 0 Å². The van der Waals surface area contributed by atoms with Crippen LogP contribution in [0.4, 0.5) is 0 Å². The van der Waals surface area contributed by atoms with E-state index in [0.717, 1.165) is 6.54 Å². The van der Waals surface area contributed by atoms with Gasteiger partial charge in [0.1, 0.15) is 0 Å². The van der Waals surface area contributed by atoms with E-state index < -0.39 is 0 Å². The summed E-state index contributed by atoms with van der Waals surface area (Å²) >= 11 is 0. The second-order valence-electron chi connectivity index (χ2n) is 5.52. The van der Waals surface area contributed by atoms with Gasteiger partial charge in [0, 0.05) is 36.9 Å². The Kier molecular flexibility index (Phi) is 4.40. The fourth-order valence-corrected chi connectivity index (χ4v) is 3.13. The highest BCUT2D eigenvalue weighted by Gasteiger charge is 2.27. The number of aromatic nitrogens is 2. The first kappa shape index (κ1) is 13.6. The monoisotopic (exact) mass is 250 g/mol. The topological polar surface area (TPSA) is 47.1 Å². The van der Waals surface area contributed by atoms with Crippen molar-refractivity contribution < 1.29 is 0 Å². The largest absolute Gasteiger partial charge is 0.328 e. The average Bonchev–Trinajstić information content (AvgIpc) is 2.79. The van der Waals surface area contributed by atoms with E-state index in [1.54, 1.807) is 0 Å². The summed E-state index contributed by atoms with van der Waals surface area (Å²) in [5.74, 6) is 0. The van der Waals surface area contributed by atoms with Gasteiger partial charge in [0.2, 0.25) is 0 Å². The first-order valence-corrected chi connectivity index (χ1v) is 7.11. The van der Waals surface area contributed by atoms with Crippen LogP contribution in [0.15, 0.2) is 12.4 Å². The number of nitrogens with two attached hydrogens (primary N) is 1. The molecule has 0 spiro atoms. The van der Waals surface area contributed by atoms with Crippen molar-refractivity contribution in [2.24, 2.45) is 12.8 Å². The third kappa shape index (κ3) is 2.93. The molecule has 1 aliphatic carbocycles. The van der Waals surface area contributed by atoms with Crippen LogP contribution in [-0.2, 0) is 7.05 Å². The molecule has 1 atom stereocenters. The van der Waals surface area contributed by atoms with E-state index in [4.69, 9.17) is 5.73 Å². The van der Waals surface area contributed by atoms with Crippen molar-refractivity contribution >= 4 is 0 Å². The van der Waals surface area contributed by atoms with Gasteiger partial charge < -0.3 is 5.73 Å². The predicted octanol–water partition coefficient (Wildman–Crippen LogP) is 2.07. The third-order valence-corrected chi connectivity index (χ3v) is 4.28. The van der Waals surface area contributed by atoms with Crippen molar-refractivity contribution in [2.75, 3.05) is 6.54 Å². The minimum absolute atomic E-state index is 0.425. The quantitative estimate of drug-likeness (QED) is 0.890. The van der Waals surface area contributed by atoms with Gasteiger partial charge in [0.05, 0.1) is 6.20 Å². The van der Waals surface area contributed by atoms with E-state index in [0.29, 0.717) is 18.1 Å². The summed E-state index contributed by atoms with van der Waals surface area (Å²) in [6.07, 6.45) is 8.92. The molecule has 2 rings (SSSR count). The van der Waals surface area contributed by atoms with Crippen LogP contribution in [0.5, 0.6) is 0 Å². The lowest BCUT2D eigenvalue weighted by Crippen LogP contribution is -2.42. The zero-order valence-electron chi connectivity index (χ0n) is 11.8. The fraction of sp³-hybridized carbons (Fsp3) is 0.786. The van der Waals surface area contributed by atoms with E-state index in [-0.39, 0.29) is 0 Å². The Morgan fingerprint density at radius 3 is 2.61 bits per heavy atom. The maximum absolute atomic E-state index is 6.00. The fourth-order valence-electron chi connectivity index (χ4n) is 3.13. The Balaban J connectivity index is 2.03. The van der Waals surface area contributed by atoms with Crippen LogP contribution in [0, 0.1) is 0 Å². The zero-order chi connectivity index (χ0) is 13.1. The van der Waals surface area contributed by atoms with Gasteiger partial charge in [-0.05, 0) is 39.2 Å². The highest BCUT2D eigenvalue weighted by molar-refractivity contribution is 5.10. The number of rotatable bonds is 4. The Labute approximate surface area is 110 Å². The minimum atomic E-state index is 0.425. The maximum Gasteiger partial charge on any atom is 0.0537 e. The molecule has 0 aromatic carbocycles. The molecule has 1 aromatic heterocycles. The van der Waals surface area contributed by atoms with Gasteiger partial charge in [-0.2, -0.15) is 5.10 Å². The molecule has 0 bridgehead atoms. The van der Waals surface area contributed by atoms with Gasteiger partial charge in [-0.1, -0.05) is 6.92 Å². The number of hydrogen-bond acceptors (Lipinski definition) is 3. The lowest BCUT2D eigenvalue weighted by atomic mass is 9.89. The standard InChI is InChI=1S/C14H26N4/c1-4-18(14-7-5-13(15)6-8-14)11(2)12-9-16-17(3)10-12/h9-11,13-14H,4-8,15H2,1-3H3. The van der Waals surface area contributed by atoms with Crippen LogP contribution in [0.25, 0.3) is 0 Å². The summed E-state index contributed by atoms with van der Waals surface area (Å²) in [6, 6.07) is 1.56. The number of nitrogens with zero attached hydrogens (tertiary/aromatic N) is 3. The smallest absolute Gasteiger partial charge is 0.0537 e. The van der Waals surface area contributed by atoms with Crippen LogP contribution in [0.1, 0.15) is 51.1 Å². The Morgan fingerprint density at radius 1 is 1.44 bits per heavy atom. The Bertz CT molecular complexity index is 366. The minimum Gasteiger partial charge on any atom is -0.328 e. The van der Waals surface area contributed by atoms with Gasteiger partial charge in [-0.15, -0.1) is 0 Å². The molecule has 0 aliphatic heterocycles. The summed E-state index contributed by atoms with van der Waals surface area (Å²) in [4.78, 5) is 2.60. The molecular weight excluding hydrogens is 224 g/mol. The van der Waals surface area contributed by atoms with E-state index in [9.17, 15) is 0 Å². The van der Waals surface area contributed by atoms with E-state index in [2.05, 4.69) is 30.0 Å². The normalized spacial score (nSPS) is 26.5. The highest BCUT2D eigenvalue weighted by Crippen LogP contribution is 2.29. The molecule has 0 radical (unpaired) electrons. The lowest BCUT2D eigenvalue weighted by Gasteiger charge is -2.39. The van der Waals surface area contributed by atoms with Gasteiger partial charge >= 0.3 is 0 Å². The first-order valence-electron chi connectivity index (χ1n) is 7.11. The molecule has 1 unspecified atom stereocenters. The molecule has 0 amide bonds. The van der Waals surface area contributed by atoms with Crippen molar-refractivity contribution in [3.05, 3.63) is 18.0 Å². The predicted molar refractivity (Wildman–Crippen MR) is 74.2 cm³/mol. The molecule has 1 heterocycles.